The van der Waals surface area contributed by atoms with E-state index in [1.54, 1.807) is 6.20 Å². The molecular formula is C32H35N5O. The summed E-state index contributed by atoms with van der Waals surface area (Å²) in [5.74, 6) is 0.513. The van der Waals surface area contributed by atoms with Crippen LogP contribution in [0.2, 0.25) is 0 Å². The number of para-hydroxylation sites is 1. The lowest BCUT2D eigenvalue weighted by Gasteiger charge is -2.52. The molecule has 3 aromatic carbocycles. The summed E-state index contributed by atoms with van der Waals surface area (Å²) in [6.45, 7) is 6.51. The van der Waals surface area contributed by atoms with Gasteiger partial charge in [0.05, 0.1) is 17.3 Å². The monoisotopic (exact) mass is 505 g/mol. The third-order valence-electron chi connectivity index (χ3n) is 8.43. The minimum atomic E-state index is -0.157. The van der Waals surface area contributed by atoms with Gasteiger partial charge in [-0.05, 0) is 54.7 Å². The summed E-state index contributed by atoms with van der Waals surface area (Å²) >= 11 is 0. The number of fused-ring (bicyclic) bond motifs is 1. The van der Waals surface area contributed by atoms with E-state index in [0.717, 1.165) is 55.6 Å². The molecule has 0 bridgehead atoms. The van der Waals surface area contributed by atoms with Gasteiger partial charge in [-0.1, -0.05) is 68.3 Å². The average molecular weight is 506 g/mol. The van der Waals surface area contributed by atoms with Gasteiger partial charge < -0.3 is 10.2 Å². The molecule has 194 valence electrons. The Labute approximate surface area is 224 Å². The molecule has 1 saturated carbocycles. The molecule has 38 heavy (non-hydrogen) atoms. The number of carbonyl (C=O) groups is 1. The smallest absolute Gasteiger partial charge is 0.257 e. The molecule has 1 amide bonds. The predicted octanol–water partition coefficient (Wildman–Crippen LogP) is 6.11. The molecule has 0 unspecified atom stereocenters. The molecule has 1 aliphatic carbocycles. The maximum absolute atomic E-state index is 13.3. The highest BCUT2D eigenvalue weighted by Gasteiger charge is 2.42. The summed E-state index contributed by atoms with van der Waals surface area (Å²) in [7, 11) is 0. The van der Waals surface area contributed by atoms with E-state index in [9.17, 15) is 4.79 Å². The minimum absolute atomic E-state index is 0.00784. The van der Waals surface area contributed by atoms with Crippen LogP contribution in [0, 0.1) is 5.92 Å². The van der Waals surface area contributed by atoms with Gasteiger partial charge in [0.15, 0.2) is 0 Å². The van der Waals surface area contributed by atoms with Crippen molar-refractivity contribution in [3.8, 4) is 0 Å². The number of nitrogens with zero attached hydrogens (tertiary/aromatic N) is 4. The van der Waals surface area contributed by atoms with E-state index < -0.39 is 0 Å². The van der Waals surface area contributed by atoms with Crippen LogP contribution in [0.15, 0.2) is 85.1 Å². The van der Waals surface area contributed by atoms with E-state index >= 15 is 0 Å². The van der Waals surface area contributed by atoms with Crippen molar-refractivity contribution in [1.29, 1.82) is 0 Å². The minimum Gasteiger partial charge on any atom is -0.369 e. The third-order valence-corrected chi connectivity index (χ3v) is 8.43. The zero-order valence-electron chi connectivity index (χ0n) is 22.0. The van der Waals surface area contributed by atoms with Crippen molar-refractivity contribution in [2.24, 2.45) is 5.92 Å². The first-order valence-corrected chi connectivity index (χ1v) is 13.8. The van der Waals surface area contributed by atoms with Crippen LogP contribution < -0.4 is 10.2 Å². The molecule has 1 aliphatic heterocycles. The molecule has 6 rings (SSSR count). The number of benzene rings is 3. The van der Waals surface area contributed by atoms with Crippen LogP contribution in [0.5, 0.6) is 0 Å². The molecule has 1 N–H and O–H groups in total. The summed E-state index contributed by atoms with van der Waals surface area (Å²) in [6, 6.07) is 26.9. The van der Waals surface area contributed by atoms with E-state index in [1.165, 1.54) is 24.1 Å². The lowest BCUT2D eigenvalue weighted by Crippen LogP contribution is -2.57. The molecule has 6 nitrogen and oxygen atoms in total. The molecule has 4 aromatic rings. The second kappa shape index (κ2) is 10.5. The van der Waals surface area contributed by atoms with Crippen molar-refractivity contribution in [2.75, 3.05) is 36.4 Å². The fourth-order valence-electron chi connectivity index (χ4n) is 6.56. The van der Waals surface area contributed by atoms with Crippen molar-refractivity contribution in [3.63, 3.8) is 0 Å². The lowest BCUT2D eigenvalue weighted by molar-refractivity contribution is 0.0243. The van der Waals surface area contributed by atoms with Crippen LogP contribution in [0.1, 0.15) is 48.5 Å². The van der Waals surface area contributed by atoms with Gasteiger partial charge in [0.25, 0.3) is 5.91 Å². The number of hydrogen-bond donors (Lipinski definition) is 1. The largest absolute Gasteiger partial charge is 0.369 e. The van der Waals surface area contributed by atoms with E-state index in [4.69, 9.17) is 0 Å². The van der Waals surface area contributed by atoms with Crippen molar-refractivity contribution in [1.82, 2.24) is 15.1 Å². The maximum Gasteiger partial charge on any atom is 0.257 e. The third kappa shape index (κ3) is 4.76. The highest BCUT2D eigenvalue weighted by molar-refractivity contribution is 6.12. The van der Waals surface area contributed by atoms with Gasteiger partial charge in [-0.25, -0.2) is 0 Å². The van der Waals surface area contributed by atoms with Crippen LogP contribution in [-0.4, -0.2) is 47.2 Å². The van der Waals surface area contributed by atoms with Gasteiger partial charge in [0.1, 0.15) is 0 Å². The Balaban J connectivity index is 1.26. The second-order valence-electron chi connectivity index (χ2n) is 10.9. The van der Waals surface area contributed by atoms with Crippen LogP contribution in [0.3, 0.4) is 0 Å². The van der Waals surface area contributed by atoms with Crippen LogP contribution in [0.4, 0.5) is 11.4 Å². The lowest BCUT2D eigenvalue weighted by atomic mass is 9.71. The number of amides is 1. The molecular weight excluding hydrogens is 470 g/mol. The van der Waals surface area contributed by atoms with Crippen molar-refractivity contribution >= 4 is 28.2 Å². The Bertz CT molecular complexity index is 1410. The van der Waals surface area contributed by atoms with E-state index in [2.05, 4.69) is 80.8 Å². The van der Waals surface area contributed by atoms with E-state index in [1.807, 2.05) is 30.3 Å². The van der Waals surface area contributed by atoms with Crippen molar-refractivity contribution in [3.05, 3.63) is 96.2 Å². The first-order valence-electron chi connectivity index (χ1n) is 13.8. The Morgan fingerprint density at radius 3 is 2.55 bits per heavy atom. The van der Waals surface area contributed by atoms with Gasteiger partial charge in [-0.15, -0.1) is 0 Å². The Kier molecular flexibility index (Phi) is 6.81. The first-order chi connectivity index (χ1) is 18.6. The number of hydrogen-bond acceptors (Lipinski definition) is 5. The summed E-state index contributed by atoms with van der Waals surface area (Å²) < 4.78 is 0. The fraction of sp³-hybridized carbons (Fsp3) is 0.344. The second-order valence-corrected chi connectivity index (χ2v) is 10.9. The van der Waals surface area contributed by atoms with Crippen LogP contribution >= 0.6 is 0 Å². The number of rotatable bonds is 5. The zero-order valence-corrected chi connectivity index (χ0v) is 22.0. The molecule has 2 aliphatic rings. The van der Waals surface area contributed by atoms with Crippen LogP contribution in [-0.2, 0) is 5.54 Å². The number of piperazine rings is 1. The van der Waals surface area contributed by atoms with E-state index in [0.29, 0.717) is 11.5 Å². The van der Waals surface area contributed by atoms with Gasteiger partial charge in [0, 0.05) is 48.5 Å². The molecule has 1 aromatic heterocycles. The fourth-order valence-corrected chi connectivity index (χ4v) is 6.56. The standard InChI is InChI=1S/C32H35N5O/c1-24-9-8-16-32(22-24,37-19-17-36(18-20-37)27-12-3-2-4-13-27)25-10-7-11-26(21-25)34-31(38)29-23-33-35-30-15-6-5-14-28(29)30/h2-7,10-15,21,23-24H,8-9,16-20,22H2,1H3,(H,34,38)/t24-,32-/m0/s1. The quantitative estimate of drug-likeness (QED) is 0.355. The molecule has 2 heterocycles. The predicted molar refractivity (Wildman–Crippen MR) is 153 cm³/mol. The Morgan fingerprint density at radius 1 is 0.947 bits per heavy atom. The van der Waals surface area contributed by atoms with Crippen LogP contribution in [0.25, 0.3) is 10.9 Å². The van der Waals surface area contributed by atoms with Gasteiger partial charge in [-0.2, -0.15) is 10.2 Å². The highest BCUT2D eigenvalue weighted by atomic mass is 16.1. The number of carbonyl (C=O) groups excluding carboxylic acids is 1. The van der Waals surface area contributed by atoms with E-state index in [-0.39, 0.29) is 11.4 Å². The zero-order chi connectivity index (χ0) is 26.0. The van der Waals surface area contributed by atoms with Crippen molar-refractivity contribution < 1.29 is 4.79 Å². The molecule has 2 fully saturated rings. The number of aromatic nitrogens is 2. The Morgan fingerprint density at radius 2 is 1.74 bits per heavy atom. The van der Waals surface area contributed by atoms with Gasteiger partial charge in [-0.3, -0.25) is 9.69 Å². The van der Waals surface area contributed by atoms with Gasteiger partial charge in [0.2, 0.25) is 0 Å². The summed E-state index contributed by atoms with van der Waals surface area (Å²) in [4.78, 5) is 18.6. The SMILES string of the molecule is C[C@H]1CCC[C@](c2cccc(NC(=O)c3cnnc4ccccc34)c2)(N2CCN(c3ccccc3)CC2)C1. The van der Waals surface area contributed by atoms with Gasteiger partial charge >= 0.3 is 0 Å². The summed E-state index contributed by atoms with van der Waals surface area (Å²) in [5, 5.41) is 12.2. The molecule has 0 radical (unpaired) electrons. The maximum atomic E-state index is 13.3. The Hall–Kier alpha value is -3.77. The first kappa shape index (κ1) is 24.6. The van der Waals surface area contributed by atoms with Crippen molar-refractivity contribution in [2.45, 2.75) is 38.1 Å². The molecule has 1 saturated heterocycles. The normalized spacial score (nSPS) is 22.3. The molecule has 6 heteroatoms. The summed E-state index contributed by atoms with van der Waals surface area (Å²) in [5.41, 5.74) is 4.70. The molecule has 2 atom stereocenters. The topological polar surface area (TPSA) is 61.4 Å². The molecule has 0 spiro atoms. The highest BCUT2D eigenvalue weighted by Crippen LogP contribution is 2.45. The number of anilines is 2. The summed E-state index contributed by atoms with van der Waals surface area (Å²) in [6.07, 6.45) is 6.36. The average Bonchev–Trinajstić information content (AvgIpc) is 2.97. The number of nitrogens with one attached hydrogen (secondary N) is 1.